The lowest BCUT2D eigenvalue weighted by molar-refractivity contribution is 0.0698. The first-order valence-corrected chi connectivity index (χ1v) is 7.21. The van der Waals surface area contributed by atoms with Gasteiger partial charge in [-0.1, -0.05) is 0 Å². The highest BCUT2D eigenvalue weighted by Crippen LogP contribution is 2.20. The van der Waals surface area contributed by atoms with Crippen molar-refractivity contribution >= 4 is 40.9 Å². The van der Waals surface area contributed by atoms with E-state index in [1.54, 1.807) is 34.5 Å². The molecule has 0 atom stereocenters. The van der Waals surface area contributed by atoms with Crippen molar-refractivity contribution in [3.63, 3.8) is 0 Å². The lowest BCUT2D eigenvalue weighted by atomic mass is 10.0. The number of benzene rings is 1. The highest BCUT2D eigenvalue weighted by Gasteiger charge is 2.25. The molecular weight excluding hydrogens is 401 g/mol. The van der Waals surface area contributed by atoms with Gasteiger partial charge in [0.05, 0.1) is 5.56 Å². The first-order valence-electron chi connectivity index (χ1n) is 6.13. The van der Waals surface area contributed by atoms with Crippen LogP contribution in [0.5, 0.6) is 0 Å². The van der Waals surface area contributed by atoms with Crippen molar-refractivity contribution in [3.8, 4) is 0 Å². The fourth-order valence-corrected chi connectivity index (χ4v) is 2.70. The summed E-state index contributed by atoms with van der Waals surface area (Å²) in [5, 5.41) is 3.21. The molecule has 1 aromatic carbocycles. The SMILES string of the molecule is CN(C(=O)c1cc(I)c(F)cc1F)C1CCNCC1.Cl. The fourth-order valence-electron chi connectivity index (χ4n) is 2.24. The van der Waals surface area contributed by atoms with Gasteiger partial charge in [0.25, 0.3) is 5.91 Å². The fraction of sp³-hybridized carbons (Fsp3) is 0.462. The Kier molecular flexibility index (Phi) is 6.60. The third kappa shape index (κ3) is 3.79. The second kappa shape index (κ2) is 7.51. The van der Waals surface area contributed by atoms with Crippen LogP contribution in [-0.2, 0) is 0 Å². The number of halogens is 4. The number of amides is 1. The molecule has 7 heteroatoms. The molecule has 1 fully saturated rings. The van der Waals surface area contributed by atoms with Crippen LogP contribution in [0.1, 0.15) is 23.2 Å². The summed E-state index contributed by atoms with van der Waals surface area (Å²) in [4.78, 5) is 13.8. The molecule has 0 spiro atoms. The zero-order chi connectivity index (χ0) is 14.0. The minimum atomic E-state index is -0.802. The van der Waals surface area contributed by atoms with E-state index in [1.165, 1.54) is 6.07 Å². The van der Waals surface area contributed by atoms with Crippen molar-refractivity contribution in [2.75, 3.05) is 20.1 Å². The minimum absolute atomic E-state index is 0. The second-order valence-corrected chi connectivity index (χ2v) is 5.81. The number of hydrogen-bond acceptors (Lipinski definition) is 2. The average molecular weight is 417 g/mol. The number of nitrogens with one attached hydrogen (secondary N) is 1. The molecule has 0 bridgehead atoms. The maximum Gasteiger partial charge on any atom is 0.256 e. The van der Waals surface area contributed by atoms with Gasteiger partial charge in [0.1, 0.15) is 11.6 Å². The van der Waals surface area contributed by atoms with Crippen molar-refractivity contribution < 1.29 is 13.6 Å². The van der Waals surface area contributed by atoms with Crippen molar-refractivity contribution in [1.29, 1.82) is 0 Å². The molecule has 112 valence electrons. The summed E-state index contributed by atoms with van der Waals surface area (Å²) in [6.07, 6.45) is 1.70. The van der Waals surface area contributed by atoms with E-state index in [1.807, 2.05) is 0 Å². The minimum Gasteiger partial charge on any atom is -0.339 e. The summed E-state index contributed by atoms with van der Waals surface area (Å²) in [5.41, 5.74) is -0.0631. The van der Waals surface area contributed by atoms with Crippen molar-refractivity contribution in [2.24, 2.45) is 0 Å². The van der Waals surface area contributed by atoms with Gasteiger partial charge in [0.2, 0.25) is 0 Å². The van der Waals surface area contributed by atoms with Crippen LogP contribution in [0.25, 0.3) is 0 Å². The molecule has 0 saturated carbocycles. The van der Waals surface area contributed by atoms with E-state index in [2.05, 4.69) is 5.32 Å². The van der Waals surface area contributed by atoms with Crippen LogP contribution in [0.4, 0.5) is 8.78 Å². The predicted octanol–water partition coefficient (Wildman–Crippen LogP) is 2.82. The van der Waals surface area contributed by atoms with Crippen LogP contribution < -0.4 is 5.32 Å². The second-order valence-electron chi connectivity index (χ2n) is 4.64. The average Bonchev–Trinajstić information content (AvgIpc) is 2.42. The highest BCUT2D eigenvalue weighted by molar-refractivity contribution is 14.1. The molecule has 1 aromatic rings. The van der Waals surface area contributed by atoms with Gasteiger partial charge in [0.15, 0.2) is 0 Å². The van der Waals surface area contributed by atoms with Gasteiger partial charge in [-0.05, 0) is 54.6 Å². The van der Waals surface area contributed by atoms with E-state index in [-0.39, 0.29) is 33.5 Å². The summed E-state index contributed by atoms with van der Waals surface area (Å²) in [5.74, 6) is -1.83. The van der Waals surface area contributed by atoms with Crippen LogP contribution in [0.15, 0.2) is 12.1 Å². The first kappa shape index (κ1) is 17.6. The lowest BCUT2D eigenvalue weighted by Crippen LogP contribution is -2.44. The van der Waals surface area contributed by atoms with Crippen LogP contribution in [0, 0.1) is 15.2 Å². The molecule has 1 saturated heterocycles. The molecule has 0 aromatic heterocycles. The summed E-state index contributed by atoms with van der Waals surface area (Å²) in [7, 11) is 1.67. The monoisotopic (exact) mass is 416 g/mol. The summed E-state index contributed by atoms with van der Waals surface area (Å²) in [6, 6.07) is 2.15. The van der Waals surface area contributed by atoms with Gasteiger partial charge in [-0.25, -0.2) is 8.78 Å². The number of rotatable bonds is 2. The summed E-state index contributed by atoms with van der Waals surface area (Å²) < 4.78 is 27.2. The highest BCUT2D eigenvalue weighted by atomic mass is 127. The normalized spacial score (nSPS) is 15.6. The summed E-state index contributed by atoms with van der Waals surface area (Å²) >= 11 is 1.76. The maximum atomic E-state index is 13.7. The Hall–Kier alpha value is -0.470. The van der Waals surface area contributed by atoms with Crippen LogP contribution in [-0.4, -0.2) is 37.0 Å². The van der Waals surface area contributed by atoms with Crippen molar-refractivity contribution in [1.82, 2.24) is 10.2 Å². The molecule has 0 unspecified atom stereocenters. The molecule has 1 amide bonds. The van der Waals surface area contributed by atoms with Crippen LogP contribution in [0.3, 0.4) is 0 Å². The third-order valence-electron chi connectivity index (χ3n) is 3.42. The van der Waals surface area contributed by atoms with Crippen molar-refractivity contribution in [2.45, 2.75) is 18.9 Å². The van der Waals surface area contributed by atoms with E-state index in [9.17, 15) is 13.6 Å². The van der Waals surface area contributed by atoms with Gasteiger partial charge < -0.3 is 10.2 Å². The number of carbonyl (C=O) groups is 1. The molecule has 0 radical (unpaired) electrons. The quantitative estimate of drug-likeness (QED) is 0.594. The first-order chi connectivity index (χ1) is 9.00. The molecule has 1 aliphatic heterocycles. The van der Waals surface area contributed by atoms with E-state index in [4.69, 9.17) is 0 Å². The molecular formula is C13H16ClF2IN2O. The van der Waals surface area contributed by atoms with Gasteiger partial charge >= 0.3 is 0 Å². The largest absolute Gasteiger partial charge is 0.339 e. The zero-order valence-electron chi connectivity index (χ0n) is 11.0. The van der Waals surface area contributed by atoms with E-state index in [0.29, 0.717) is 0 Å². The molecule has 3 nitrogen and oxygen atoms in total. The Balaban J connectivity index is 0.00000200. The molecule has 1 heterocycles. The number of nitrogens with zero attached hydrogens (tertiary/aromatic N) is 1. The van der Waals surface area contributed by atoms with Crippen LogP contribution >= 0.6 is 35.0 Å². The lowest BCUT2D eigenvalue weighted by Gasteiger charge is -2.31. The molecule has 2 rings (SSSR count). The Morgan fingerprint density at radius 2 is 1.90 bits per heavy atom. The summed E-state index contributed by atoms with van der Waals surface area (Å²) in [6.45, 7) is 1.71. The van der Waals surface area contributed by atoms with E-state index >= 15 is 0 Å². The number of hydrogen-bond donors (Lipinski definition) is 1. The van der Waals surface area contributed by atoms with E-state index in [0.717, 1.165) is 32.0 Å². The van der Waals surface area contributed by atoms with E-state index < -0.39 is 11.6 Å². The molecule has 1 N–H and O–H groups in total. The van der Waals surface area contributed by atoms with Gasteiger partial charge in [-0.3, -0.25) is 4.79 Å². The van der Waals surface area contributed by atoms with Gasteiger partial charge in [-0.2, -0.15) is 0 Å². The Morgan fingerprint density at radius 3 is 2.50 bits per heavy atom. The Morgan fingerprint density at radius 1 is 1.30 bits per heavy atom. The number of carbonyl (C=O) groups excluding carboxylic acids is 1. The topological polar surface area (TPSA) is 32.3 Å². The molecule has 1 aliphatic rings. The van der Waals surface area contributed by atoms with Crippen LogP contribution in [0.2, 0.25) is 0 Å². The van der Waals surface area contributed by atoms with Crippen molar-refractivity contribution in [3.05, 3.63) is 32.9 Å². The smallest absolute Gasteiger partial charge is 0.256 e. The molecule has 20 heavy (non-hydrogen) atoms. The molecule has 0 aliphatic carbocycles. The number of piperidine rings is 1. The standard InChI is InChI=1S/C13H15F2IN2O.ClH/c1-18(8-2-4-17-5-3-8)13(19)9-6-12(16)11(15)7-10(9)14;/h6-8,17H,2-5H2,1H3;1H. The zero-order valence-corrected chi connectivity index (χ0v) is 13.9. The maximum absolute atomic E-state index is 13.7. The predicted molar refractivity (Wildman–Crippen MR) is 84.3 cm³/mol. The van der Waals surface area contributed by atoms with Gasteiger partial charge in [-0.15, -0.1) is 12.4 Å². The third-order valence-corrected chi connectivity index (χ3v) is 4.24. The Bertz CT molecular complexity index is 496. The Labute approximate surface area is 136 Å². The van der Waals surface area contributed by atoms with Gasteiger partial charge in [0, 0.05) is 22.7 Å².